The van der Waals surface area contributed by atoms with Crippen molar-refractivity contribution in [3.63, 3.8) is 0 Å². The fourth-order valence-corrected chi connectivity index (χ4v) is 4.46. The standard InChI is InChI=1S/C31H43N5O5/c1-8-10-16-39-18-24(34-29(38)41-30(4,5)6)26-21(28(37)40-9-2)17-23(33-26)20-12-11-13-22-25(20)35-27(19(3)32-22)36-31(7)14-15-31/h11-13,17,24,33H,8-10,14-16,18H2,1-7H3,(H,34,38)(H,35,36). The number of amides is 1. The van der Waals surface area contributed by atoms with Crippen molar-refractivity contribution in [3.8, 4) is 11.3 Å². The van der Waals surface area contributed by atoms with Gasteiger partial charge in [-0.05, 0) is 72.9 Å². The number of H-pyrrole nitrogens is 1. The first-order chi connectivity index (χ1) is 19.4. The summed E-state index contributed by atoms with van der Waals surface area (Å²) in [6, 6.07) is 6.83. The molecule has 3 aromatic rings. The Morgan fingerprint density at radius 1 is 1.17 bits per heavy atom. The summed E-state index contributed by atoms with van der Waals surface area (Å²) < 4.78 is 16.8. The van der Waals surface area contributed by atoms with Crippen LogP contribution in [-0.4, -0.2) is 58.0 Å². The number of nitrogens with zero attached hydrogens (tertiary/aromatic N) is 2. The predicted octanol–water partition coefficient (Wildman–Crippen LogP) is 6.46. The van der Waals surface area contributed by atoms with Gasteiger partial charge in [-0.25, -0.2) is 19.6 Å². The Hall–Kier alpha value is -3.66. The molecule has 1 unspecified atom stereocenters. The third kappa shape index (κ3) is 7.75. The van der Waals surface area contributed by atoms with Crippen molar-refractivity contribution in [3.05, 3.63) is 41.2 Å². The second-order valence-electron chi connectivity index (χ2n) is 11.9. The number of hydrogen-bond donors (Lipinski definition) is 3. The van der Waals surface area contributed by atoms with E-state index < -0.39 is 23.7 Å². The number of nitrogens with one attached hydrogen (secondary N) is 3. The molecule has 1 atom stereocenters. The van der Waals surface area contributed by atoms with Gasteiger partial charge in [0.2, 0.25) is 0 Å². The lowest BCUT2D eigenvalue weighted by molar-refractivity contribution is 0.0424. The second-order valence-corrected chi connectivity index (χ2v) is 11.9. The number of carbonyl (C=O) groups is 2. The number of rotatable bonds is 12. The summed E-state index contributed by atoms with van der Waals surface area (Å²) >= 11 is 0. The third-order valence-corrected chi connectivity index (χ3v) is 6.89. The largest absolute Gasteiger partial charge is 0.462 e. The molecule has 1 fully saturated rings. The van der Waals surface area contributed by atoms with Crippen molar-refractivity contribution in [2.45, 2.75) is 91.3 Å². The predicted molar refractivity (Wildman–Crippen MR) is 159 cm³/mol. The van der Waals surface area contributed by atoms with Gasteiger partial charge in [-0.15, -0.1) is 0 Å². The number of aryl methyl sites for hydroxylation is 1. The molecule has 2 heterocycles. The molecule has 0 saturated heterocycles. The number of benzene rings is 1. The summed E-state index contributed by atoms with van der Waals surface area (Å²) in [5.74, 6) is 0.247. The van der Waals surface area contributed by atoms with Gasteiger partial charge in [0, 0.05) is 23.4 Å². The number of aromatic amines is 1. The molecule has 222 valence electrons. The van der Waals surface area contributed by atoms with Gasteiger partial charge in [0.1, 0.15) is 16.9 Å². The molecule has 41 heavy (non-hydrogen) atoms. The number of esters is 1. The second kappa shape index (κ2) is 12.5. The fourth-order valence-electron chi connectivity index (χ4n) is 4.46. The summed E-state index contributed by atoms with van der Waals surface area (Å²) in [5, 5.41) is 6.43. The van der Waals surface area contributed by atoms with E-state index in [1.165, 1.54) is 0 Å². The van der Waals surface area contributed by atoms with E-state index in [4.69, 9.17) is 24.2 Å². The summed E-state index contributed by atoms with van der Waals surface area (Å²) in [7, 11) is 0. The van der Waals surface area contributed by atoms with Crippen LogP contribution in [0.15, 0.2) is 24.3 Å². The molecule has 1 aliphatic rings. The number of ether oxygens (including phenoxy) is 3. The van der Waals surface area contributed by atoms with Crippen LogP contribution in [0.3, 0.4) is 0 Å². The first-order valence-corrected chi connectivity index (χ1v) is 14.5. The van der Waals surface area contributed by atoms with Gasteiger partial charge in [0.15, 0.2) is 0 Å². The Balaban J connectivity index is 1.78. The van der Waals surface area contributed by atoms with Gasteiger partial charge < -0.3 is 29.8 Å². The van der Waals surface area contributed by atoms with Gasteiger partial charge in [0.25, 0.3) is 0 Å². The normalized spacial score (nSPS) is 14.9. The zero-order valence-corrected chi connectivity index (χ0v) is 25.3. The third-order valence-electron chi connectivity index (χ3n) is 6.89. The molecular formula is C31H43N5O5. The van der Waals surface area contributed by atoms with Gasteiger partial charge >= 0.3 is 12.1 Å². The van der Waals surface area contributed by atoms with Gasteiger partial charge in [-0.2, -0.15) is 0 Å². The minimum Gasteiger partial charge on any atom is -0.462 e. The number of anilines is 1. The van der Waals surface area contributed by atoms with Crippen LogP contribution in [0.4, 0.5) is 10.6 Å². The summed E-state index contributed by atoms with van der Waals surface area (Å²) in [5.41, 5.74) is 3.83. The van der Waals surface area contributed by atoms with Crippen LogP contribution >= 0.6 is 0 Å². The fraction of sp³-hybridized carbons (Fsp3) is 0.548. The van der Waals surface area contributed by atoms with Crippen LogP contribution in [0.5, 0.6) is 0 Å². The van der Waals surface area contributed by atoms with Crippen LogP contribution in [0, 0.1) is 6.92 Å². The molecule has 0 bridgehead atoms. The number of hydrogen-bond acceptors (Lipinski definition) is 8. The van der Waals surface area contributed by atoms with E-state index in [0.717, 1.165) is 48.3 Å². The summed E-state index contributed by atoms with van der Waals surface area (Å²) in [6.07, 6.45) is 3.42. The van der Waals surface area contributed by atoms with E-state index in [9.17, 15) is 9.59 Å². The monoisotopic (exact) mass is 565 g/mol. The van der Waals surface area contributed by atoms with E-state index >= 15 is 0 Å². The van der Waals surface area contributed by atoms with Crippen molar-refractivity contribution in [1.29, 1.82) is 0 Å². The molecular weight excluding hydrogens is 522 g/mol. The molecule has 1 aromatic carbocycles. The number of unbranched alkanes of at least 4 members (excludes halogenated alkanes) is 1. The molecule has 10 nitrogen and oxygen atoms in total. The Morgan fingerprint density at radius 3 is 2.59 bits per heavy atom. The van der Waals surface area contributed by atoms with E-state index in [2.05, 4.69) is 29.5 Å². The van der Waals surface area contributed by atoms with Crippen molar-refractivity contribution >= 4 is 28.9 Å². The molecule has 0 radical (unpaired) electrons. The number of alkyl carbamates (subject to hydrolysis) is 1. The molecule has 1 amide bonds. The van der Waals surface area contributed by atoms with Crippen LogP contribution in [0.25, 0.3) is 22.3 Å². The maximum atomic E-state index is 13.2. The zero-order chi connectivity index (χ0) is 29.8. The van der Waals surface area contributed by atoms with E-state index in [-0.39, 0.29) is 18.8 Å². The maximum Gasteiger partial charge on any atom is 0.408 e. The molecule has 10 heteroatoms. The first kappa shape index (κ1) is 30.3. The first-order valence-electron chi connectivity index (χ1n) is 14.5. The lowest BCUT2D eigenvalue weighted by Crippen LogP contribution is -2.37. The Bertz CT molecular complexity index is 1390. The maximum absolute atomic E-state index is 13.2. The summed E-state index contributed by atoms with van der Waals surface area (Å²) in [6.45, 7) is 14.2. The molecule has 0 spiro atoms. The Morgan fingerprint density at radius 2 is 1.93 bits per heavy atom. The topological polar surface area (TPSA) is 127 Å². The SMILES string of the molecule is CCCCOCC(NC(=O)OC(C)(C)C)c1[nH]c(-c2cccc3nc(C)c(NC4(C)CC4)nc23)cc1C(=O)OCC. The Kier molecular flexibility index (Phi) is 9.21. The highest BCUT2D eigenvalue weighted by atomic mass is 16.6. The van der Waals surface area contributed by atoms with Gasteiger partial charge in [-0.1, -0.05) is 25.5 Å². The quantitative estimate of drug-likeness (QED) is 0.169. The van der Waals surface area contributed by atoms with Crippen molar-refractivity contribution in [2.75, 3.05) is 25.1 Å². The molecule has 1 saturated carbocycles. The number of aromatic nitrogens is 3. The Labute approximate surface area is 242 Å². The van der Waals surface area contributed by atoms with Crippen LogP contribution in [0.2, 0.25) is 0 Å². The van der Waals surface area contributed by atoms with E-state index in [1.54, 1.807) is 33.8 Å². The lowest BCUT2D eigenvalue weighted by atomic mass is 10.1. The molecule has 1 aliphatic carbocycles. The number of fused-ring (bicyclic) bond motifs is 1. The molecule has 4 rings (SSSR count). The van der Waals surface area contributed by atoms with Crippen molar-refractivity contribution in [2.24, 2.45) is 0 Å². The minimum atomic E-state index is -0.690. The molecule has 0 aliphatic heterocycles. The highest BCUT2D eigenvalue weighted by molar-refractivity contribution is 5.96. The number of para-hydroxylation sites is 1. The zero-order valence-electron chi connectivity index (χ0n) is 25.3. The lowest BCUT2D eigenvalue weighted by Gasteiger charge is -2.24. The van der Waals surface area contributed by atoms with Crippen LogP contribution in [-0.2, 0) is 14.2 Å². The van der Waals surface area contributed by atoms with Crippen molar-refractivity contribution in [1.82, 2.24) is 20.3 Å². The van der Waals surface area contributed by atoms with Crippen LogP contribution in [0.1, 0.15) is 95.0 Å². The average Bonchev–Trinajstić information content (AvgIpc) is 3.45. The van der Waals surface area contributed by atoms with E-state index in [1.807, 2.05) is 25.1 Å². The van der Waals surface area contributed by atoms with E-state index in [0.29, 0.717) is 29.1 Å². The van der Waals surface area contributed by atoms with Crippen molar-refractivity contribution < 1.29 is 23.8 Å². The summed E-state index contributed by atoms with van der Waals surface area (Å²) in [4.78, 5) is 39.2. The molecule has 2 aromatic heterocycles. The van der Waals surface area contributed by atoms with Gasteiger partial charge in [-0.3, -0.25) is 0 Å². The molecule has 3 N–H and O–H groups in total. The highest BCUT2D eigenvalue weighted by Gasteiger charge is 2.38. The van der Waals surface area contributed by atoms with Crippen LogP contribution < -0.4 is 10.6 Å². The average molecular weight is 566 g/mol. The number of carbonyl (C=O) groups excluding carboxylic acids is 2. The minimum absolute atomic E-state index is 0.0388. The smallest absolute Gasteiger partial charge is 0.408 e. The highest BCUT2D eigenvalue weighted by Crippen LogP contribution is 2.39. The van der Waals surface area contributed by atoms with Gasteiger partial charge in [0.05, 0.1) is 41.7 Å².